The SMILES string of the molecule is COCC1=C(C(=O)Nc2ccc3cnccc3c2)C(c2ccc(C(F)(F)F)c(F)c2)n2nc(CO)cc2N1. The van der Waals surface area contributed by atoms with Gasteiger partial charge in [0.15, 0.2) is 0 Å². The Morgan fingerprint density at radius 1 is 1.16 bits per heavy atom. The number of halogens is 4. The van der Waals surface area contributed by atoms with Crippen LogP contribution in [0.4, 0.5) is 29.1 Å². The lowest BCUT2D eigenvalue weighted by atomic mass is 9.93. The van der Waals surface area contributed by atoms with Crippen molar-refractivity contribution in [3.8, 4) is 0 Å². The topological polar surface area (TPSA) is 101 Å². The molecule has 0 saturated heterocycles. The number of pyridine rings is 1. The molecule has 0 spiro atoms. The summed E-state index contributed by atoms with van der Waals surface area (Å²) in [5, 5.41) is 21.5. The zero-order valence-electron chi connectivity index (χ0n) is 19.9. The molecule has 0 saturated carbocycles. The number of carbonyl (C=O) groups is 1. The van der Waals surface area contributed by atoms with Gasteiger partial charge >= 0.3 is 6.18 Å². The Balaban J connectivity index is 1.62. The van der Waals surface area contributed by atoms with Crippen LogP contribution >= 0.6 is 0 Å². The largest absolute Gasteiger partial charge is 0.419 e. The predicted octanol–water partition coefficient (Wildman–Crippen LogP) is 4.64. The van der Waals surface area contributed by atoms with Crippen molar-refractivity contribution in [2.75, 3.05) is 24.4 Å². The van der Waals surface area contributed by atoms with Crippen LogP contribution in [0.1, 0.15) is 22.9 Å². The molecule has 0 fully saturated rings. The number of carbonyl (C=O) groups excluding carboxylic acids is 1. The Kier molecular flexibility index (Phi) is 6.59. The van der Waals surface area contributed by atoms with E-state index in [1.807, 2.05) is 0 Å². The number of nitrogens with one attached hydrogen (secondary N) is 2. The van der Waals surface area contributed by atoms with Crippen LogP contribution in [-0.4, -0.2) is 39.5 Å². The van der Waals surface area contributed by atoms with Gasteiger partial charge in [-0.25, -0.2) is 9.07 Å². The van der Waals surface area contributed by atoms with Crippen molar-refractivity contribution in [3.63, 3.8) is 0 Å². The number of hydrogen-bond acceptors (Lipinski definition) is 6. The molecule has 12 heteroatoms. The molecule has 2 aromatic heterocycles. The van der Waals surface area contributed by atoms with Crippen molar-refractivity contribution in [3.05, 3.63) is 94.8 Å². The van der Waals surface area contributed by atoms with E-state index in [-0.39, 0.29) is 23.4 Å². The summed E-state index contributed by atoms with van der Waals surface area (Å²) in [7, 11) is 1.42. The fourth-order valence-corrected chi connectivity index (χ4v) is 4.44. The third-order valence-corrected chi connectivity index (χ3v) is 6.12. The number of aromatic nitrogens is 3. The third-order valence-electron chi connectivity index (χ3n) is 6.12. The van der Waals surface area contributed by atoms with Crippen LogP contribution < -0.4 is 10.6 Å². The van der Waals surface area contributed by atoms with Crippen molar-refractivity contribution in [1.82, 2.24) is 14.8 Å². The number of aliphatic hydroxyl groups is 1. The lowest BCUT2D eigenvalue weighted by Crippen LogP contribution is -2.33. The number of methoxy groups -OCH3 is 1. The molecule has 1 unspecified atom stereocenters. The van der Waals surface area contributed by atoms with E-state index in [9.17, 15) is 27.5 Å². The second kappa shape index (κ2) is 9.88. The van der Waals surface area contributed by atoms with E-state index in [1.54, 1.807) is 36.7 Å². The Bertz CT molecular complexity index is 1560. The summed E-state index contributed by atoms with van der Waals surface area (Å²) in [4.78, 5) is 17.8. The minimum atomic E-state index is -4.89. The molecular weight excluding hydrogens is 506 g/mol. The minimum Gasteiger partial charge on any atom is -0.390 e. The molecule has 38 heavy (non-hydrogen) atoms. The van der Waals surface area contributed by atoms with Crippen molar-refractivity contribution in [1.29, 1.82) is 0 Å². The second-order valence-electron chi connectivity index (χ2n) is 8.61. The number of amides is 1. The molecule has 0 aliphatic carbocycles. The summed E-state index contributed by atoms with van der Waals surface area (Å²) >= 11 is 0. The van der Waals surface area contributed by atoms with Crippen molar-refractivity contribution < 1.29 is 32.2 Å². The lowest BCUT2D eigenvalue weighted by Gasteiger charge is -2.31. The van der Waals surface area contributed by atoms with Crippen molar-refractivity contribution >= 4 is 28.2 Å². The Labute approximate surface area is 213 Å². The van der Waals surface area contributed by atoms with Gasteiger partial charge in [-0.1, -0.05) is 12.1 Å². The van der Waals surface area contributed by atoms with E-state index in [0.29, 0.717) is 23.3 Å². The zero-order chi connectivity index (χ0) is 27.0. The molecule has 1 amide bonds. The summed E-state index contributed by atoms with van der Waals surface area (Å²) in [5.74, 6) is -1.74. The smallest absolute Gasteiger partial charge is 0.390 e. The van der Waals surface area contributed by atoms with Gasteiger partial charge in [0.2, 0.25) is 0 Å². The highest BCUT2D eigenvalue weighted by Gasteiger charge is 2.38. The van der Waals surface area contributed by atoms with Gasteiger partial charge in [-0.15, -0.1) is 0 Å². The number of ether oxygens (including phenoxy) is 1. The molecule has 2 aromatic carbocycles. The summed E-state index contributed by atoms with van der Waals surface area (Å²) < 4.78 is 61.0. The molecule has 196 valence electrons. The van der Waals surface area contributed by atoms with Gasteiger partial charge in [0.05, 0.1) is 35.7 Å². The molecule has 1 aliphatic heterocycles. The van der Waals surface area contributed by atoms with Gasteiger partial charge in [0.25, 0.3) is 5.91 Å². The van der Waals surface area contributed by atoms with Crippen LogP contribution in [0.25, 0.3) is 10.8 Å². The zero-order valence-corrected chi connectivity index (χ0v) is 19.9. The standard InChI is InChI=1S/C26H21F4N5O3/c1-38-13-21-23(25(37)32-17-4-2-16-11-31-7-6-14(16)8-17)24(35-22(33-21)10-18(12-36)34-35)15-3-5-19(20(27)9-15)26(28,29)30/h2-11,24,33,36H,12-13H2,1H3,(H,32,37). The number of rotatable bonds is 6. The molecule has 3 N–H and O–H groups in total. The van der Waals surface area contributed by atoms with Crippen LogP contribution in [0.2, 0.25) is 0 Å². The molecule has 8 nitrogen and oxygen atoms in total. The molecular formula is C26H21F4N5O3. The van der Waals surface area contributed by atoms with Crippen LogP contribution in [-0.2, 0) is 22.3 Å². The number of aliphatic hydroxyl groups excluding tert-OH is 1. The average Bonchev–Trinajstić information content (AvgIpc) is 3.30. The Morgan fingerprint density at radius 3 is 2.68 bits per heavy atom. The van der Waals surface area contributed by atoms with Gasteiger partial charge in [-0.3, -0.25) is 9.78 Å². The molecule has 5 rings (SSSR count). The Morgan fingerprint density at radius 2 is 1.97 bits per heavy atom. The summed E-state index contributed by atoms with van der Waals surface area (Å²) in [6, 6.07) is 9.87. The van der Waals surface area contributed by atoms with Crippen molar-refractivity contribution in [2.24, 2.45) is 0 Å². The van der Waals surface area contributed by atoms with Crippen LogP contribution in [0.3, 0.4) is 0 Å². The molecule has 0 bridgehead atoms. The first-order valence-electron chi connectivity index (χ1n) is 11.4. The minimum absolute atomic E-state index is 0.0502. The van der Waals surface area contributed by atoms with E-state index < -0.39 is 36.1 Å². The molecule has 1 aliphatic rings. The average molecular weight is 527 g/mol. The van der Waals surface area contributed by atoms with E-state index in [1.165, 1.54) is 17.9 Å². The normalized spacial score (nSPS) is 15.4. The van der Waals surface area contributed by atoms with Crippen LogP contribution in [0, 0.1) is 5.82 Å². The maximum absolute atomic E-state index is 14.7. The van der Waals surface area contributed by atoms with Gasteiger partial charge in [0.1, 0.15) is 17.7 Å². The van der Waals surface area contributed by atoms with Gasteiger partial charge in [-0.05, 0) is 41.3 Å². The van der Waals surface area contributed by atoms with E-state index in [0.717, 1.165) is 22.9 Å². The number of alkyl halides is 3. The Hall–Kier alpha value is -4.29. The van der Waals surface area contributed by atoms with Crippen LogP contribution in [0.5, 0.6) is 0 Å². The van der Waals surface area contributed by atoms with E-state index in [2.05, 4.69) is 20.7 Å². The van der Waals surface area contributed by atoms with Gasteiger partial charge in [0, 0.05) is 36.6 Å². The second-order valence-corrected chi connectivity index (χ2v) is 8.61. The van der Waals surface area contributed by atoms with Gasteiger partial charge in [-0.2, -0.15) is 18.3 Å². The highest BCUT2D eigenvalue weighted by atomic mass is 19.4. The molecule has 4 aromatic rings. The lowest BCUT2D eigenvalue weighted by molar-refractivity contribution is -0.140. The maximum atomic E-state index is 14.7. The predicted molar refractivity (Wildman–Crippen MR) is 131 cm³/mol. The highest BCUT2D eigenvalue weighted by molar-refractivity contribution is 6.07. The fraction of sp³-hybridized carbons (Fsp3) is 0.192. The first-order chi connectivity index (χ1) is 18.2. The first kappa shape index (κ1) is 25.4. The maximum Gasteiger partial charge on any atom is 0.419 e. The summed E-state index contributed by atoms with van der Waals surface area (Å²) in [5.41, 5.74) is -0.318. The first-order valence-corrected chi connectivity index (χ1v) is 11.4. The molecule has 0 radical (unpaired) electrons. The monoisotopic (exact) mass is 527 g/mol. The molecule has 1 atom stereocenters. The van der Waals surface area contributed by atoms with E-state index >= 15 is 0 Å². The number of anilines is 2. The summed E-state index contributed by atoms with van der Waals surface area (Å²) in [6.07, 6.45) is -1.59. The summed E-state index contributed by atoms with van der Waals surface area (Å²) in [6.45, 7) is -0.492. The highest BCUT2D eigenvalue weighted by Crippen LogP contribution is 2.39. The third kappa shape index (κ3) is 4.71. The number of benzene rings is 2. The van der Waals surface area contributed by atoms with Gasteiger partial charge < -0.3 is 20.5 Å². The van der Waals surface area contributed by atoms with Crippen molar-refractivity contribution in [2.45, 2.75) is 18.8 Å². The van der Waals surface area contributed by atoms with Crippen LogP contribution in [0.15, 0.2) is 72.2 Å². The number of nitrogens with zero attached hydrogens (tertiary/aromatic N) is 3. The molecule has 3 heterocycles. The quantitative estimate of drug-likeness (QED) is 0.316. The number of fused-ring (bicyclic) bond motifs is 2. The van der Waals surface area contributed by atoms with E-state index in [4.69, 9.17) is 4.74 Å². The fourth-order valence-electron chi connectivity index (χ4n) is 4.44. The number of hydrogen-bond donors (Lipinski definition) is 3.